The number of aromatic carboxylic acids is 1. The number of carbonyl (C=O) groups is 2. The van der Waals surface area contributed by atoms with Gasteiger partial charge in [0, 0.05) is 29.4 Å². The van der Waals surface area contributed by atoms with Gasteiger partial charge in [0.15, 0.2) is 0 Å². The summed E-state index contributed by atoms with van der Waals surface area (Å²) in [6, 6.07) is 26.7. The quantitative estimate of drug-likeness (QED) is 0.0300. The van der Waals surface area contributed by atoms with Crippen molar-refractivity contribution < 1.29 is 43.6 Å². The van der Waals surface area contributed by atoms with Crippen LogP contribution in [-0.2, 0) is 22.3 Å². The zero-order valence-corrected chi connectivity index (χ0v) is 46.3. The molecule has 1 aromatic heterocycles. The number of anilines is 1. The molecule has 2 heterocycles. The number of benzene rings is 7. The van der Waals surface area contributed by atoms with E-state index >= 15 is 0 Å². The number of rotatable bonds is 16. The van der Waals surface area contributed by atoms with Crippen LogP contribution in [0.15, 0.2) is 107 Å². The molecular formula is C57H49B2Cl3N8O12. The zero-order valence-electron chi connectivity index (χ0n) is 44.1. The number of H-pyrrole nitrogens is 1. The fourth-order valence-electron chi connectivity index (χ4n) is 11.2. The molecule has 0 fully saturated rings. The fourth-order valence-corrected chi connectivity index (χ4v) is 12.0. The summed E-state index contributed by atoms with van der Waals surface area (Å²) >= 11 is 18.4. The Balaban J connectivity index is 0.000000160. The third-order valence-electron chi connectivity index (χ3n) is 14.9. The number of likely N-dealkylation sites (N-methyl/N-ethyl adjacent to an activating group) is 1. The van der Waals surface area contributed by atoms with Crippen molar-refractivity contribution in [1.29, 1.82) is 0 Å². The van der Waals surface area contributed by atoms with Crippen molar-refractivity contribution in [2.24, 2.45) is 9.98 Å². The van der Waals surface area contributed by atoms with Crippen LogP contribution in [0.5, 0.6) is 5.75 Å². The molecule has 0 spiro atoms. The summed E-state index contributed by atoms with van der Waals surface area (Å²) in [5, 5.41) is 48.1. The molecule has 416 valence electrons. The van der Waals surface area contributed by atoms with Gasteiger partial charge in [0.25, 0.3) is 5.69 Å². The smallest absolute Gasteiger partial charge is 0.335 e. The number of aromatic amines is 1. The van der Waals surface area contributed by atoms with E-state index in [0.717, 1.165) is 93.9 Å². The molecule has 7 aromatic carbocycles. The van der Waals surface area contributed by atoms with E-state index in [1.165, 1.54) is 18.2 Å². The molecule has 2 aliphatic carbocycles. The third kappa shape index (κ3) is 11.9. The molecule has 0 bridgehead atoms. The number of halogens is 3. The summed E-state index contributed by atoms with van der Waals surface area (Å²) in [5.74, 6) is 0.663. The third-order valence-corrected chi connectivity index (χ3v) is 16.0. The van der Waals surface area contributed by atoms with Crippen LogP contribution < -0.4 is 9.64 Å². The fraction of sp³-hybridized carbons (Fsp3) is 0.263. The monoisotopic (exact) mass is 1160 g/mol. The largest absolute Gasteiger partial charge is 0.478 e. The number of hydrogen-bond acceptors (Lipinski definition) is 14. The van der Waals surface area contributed by atoms with E-state index in [0.29, 0.717) is 82.7 Å². The zero-order chi connectivity index (χ0) is 58.5. The SMILES string of the molecule is CN(C)CCOc1ccc2[nH]c(C(=O)N3CC(CCl)c4c3cc([N+](=O)[O-])c3cc(N=CB=O)ccc43)cc2c1.O=BC=Nc1ccc2c3c(cc([N+](=O)[O-])c2c1)CCC3CCl.O=C(O)c1ccc2c3c(cc([N+](=O)[O-])c2c1)CCC3CCl. The Morgan fingerprint density at radius 3 is 1.70 bits per heavy atom. The van der Waals surface area contributed by atoms with Crippen molar-refractivity contribution in [1.82, 2.24) is 9.88 Å². The maximum atomic E-state index is 13.8. The molecule has 8 aromatic rings. The molecule has 3 aliphatic rings. The van der Waals surface area contributed by atoms with Gasteiger partial charge in [0.1, 0.15) is 12.4 Å². The van der Waals surface area contributed by atoms with E-state index in [2.05, 4.69) is 15.0 Å². The molecular weight excluding hydrogens is 1120 g/mol. The number of nitrogens with zero attached hydrogens (tertiary/aromatic N) is 7. The Hall–Kier alpha value is -8.30. The first-order chi connectivity index (χ1) is 39.5. The molecule has 82 heavy (non-hydrogen) atoms. The van der Waals surface area contributed by atoms with Crippen LogP contribution in [0.3, 0.4) is 0 Å². The molecule has 3 atom stereocenters. The summed E-state index contributed by atoms with van der Waals surface area (Å²) in [7, 11) is 5.06. The van der Waals surface area contributed by atoms with Crippen LogP contribution >= 0.6 is 34.8 Å². The Labute approximate surface area is 483 Å². The van der Waals surface area contributed by atoms with Gasteiger partial charge in [0.2, 0.25) is 0 Å². The van der Waals surface area contributed by atoms with Gasteiger partial charge in [-0.05, 0) is 79.7 Å². The minimum Gasteiger partial charge on any atom is -0.478 e. The number of amides is 1. The number of fused-ring (bicyclic) bond motifs is 10. The van der Waals surface area contributed by atoms with Crippen LogP contribution in [-0.4, -0.2) is 120 Å². The number of ether oxygens (including phenoxy) is 1. The number of carboxylic acids is 1. The Kier molecular flexibility index (Phi) is 18.0. The second-order valence-corrected chi connectivity index (χ2v) is 20.9. The van der Waals surface area contributed by atoms with Crippen molar-refractivity contribution in [2.75, 3.05) is 56.3 Å². The van der Waals surface area contributed by atoms with Gasteiger partial charge in [-0.15, -0.1) is 11.6 Å². The van der Waals surface area contributed by atoms with Crippen LogP contribution in [0, 0.1) is 30.3 Å². The van der Waals surface area contributed by atoms with E-state index in [1.807, 2.05) is 43.3 Å². The number of aromatic nitrogens is 1. The molecule has 1 aliphatic heterocycles. The summed E-state index contributed by atoms with van der Waals surface area (Å²) in [6.07, 6.45) is 5.58. The number of alkyl halides is 3. The van der Waals surface area contributed by atoms with Gasteiger partial charge in [-0.1, -0.05) is 6.07 Å². The topological polar surface area (TPSA) is 274 Å². The Morgan fingerprint density at radius 1 is 0.683 bits per heavy atom. The van der Waals surface area contributed by atoms with Crippen molar-refractivity contribution in [3.8, 4) is 5.75 Å². The summed E-state index contributed by atoms with van der Waals surface area (Å²) in [4.78, 5) is 73.0. The standard InChI is InChI=1S/C27H25BClN5O5.C15H12BClN2O3.C15H12ClNO4/c1-32(2)7-8-39-19-4-6-22-16(9-19)10-23(31-22)27(35)33-14-17(13-29)26-20-5-3-18(30-15-28-36)11-21(20)24(34(37)38)12-25(26)33;17-7-10-2-1-9-5-14(19(21)22)13-6-11(18-8-16-20)3-4-12(13)15(9)10;16-7-10-2-1-8-6-13(17(20)21)12-5-9(15(18)19)3-4-11(12)14(8)10/h3-6,9-12,15,17,31H,7-8,13-14H2,1-2H3;3-6,8,10H,1-2,7H2;3-6,10H,1-2,7H2,(H,18,19). The summed E-state index contributed by atoms with van der Waals surface area (Å²) < 4.78 is 26.9. The summed E-state index contributed by atoms with van der Waals surface area (Å²) in [5.41, 5.74) is 7.32. The average Bonchev–Trinajstić information content (AvgIpc) is 4.14. The number of nitro groups is 3. The molecule has 11 rings (SSSR count). The number of aryl methyl sites for hydroxylation is 2. The van der Waals surface area contributed by atoms with Crippen LogP contribution in [0.25, 0.3) is 43.2 Å². The van der Waals surface area contributed by atoms with Crippen molar-refractivity contribution in [3.63, 3.8) is 0 Å². The summed E-state index contributed by atoms with van der Waals surface area (Å²) in [6.45, 7) is 1.60. The van der Waals surface area contributed by atoms with Gasteiger partial charge in [-0.3, -0.25) is 10.1 Å². The molecule has 2 N–H and O–H groups in total. The molecule has 0 saturated heterocycles. The first-order valence-electron chi connectivity index (χ1n) is 25.8. The van der Waals surface area contributed by atoms with E-state index in [9.17, 15) is 49.3 Å². The Bertz CT molecular complexity index is 3990. The van der Waals surface area contributed by atoms with Crippen LogP contribution in [0.1, 0.15) is 79.3 Å². The van der Waals surface area contributed by atoms with Crippen molar-refractivity contribution in [2.45, 2.75) is 43.4 Å². The first kappa shape index (κ1) is 58.4. The maximum Gasteiger partial charge on any atom is 0.335 e. The molecule has 25 heteroatoms. The second kappa shape index (κ2) is 25.2. The minimum atomic E-state index is -1.10. The molecule has 1 amide bonds. The van der Waals surface area contributed by atoms with Gasteiger partial charge in [0.05, 0.1) is 15.9 Å². The molecule has 20 nitrogen and oxygen atoms in total. The van der Waals surface area contributed by atoms with E-state index in [4.69, 9.17) is 44.6 Å². The van der Waals surface area contributed by atoms with E-state index in [-0.39, 0.29) is 63.6 Å². The first-order valence-corrected chi connectivity index (χ1v) is 27.4. The van der Waals surface area contributed by atoms with E-state index in [1.54, 1.807) is 59.5 Å². The van der Waals surface area contributed by atoms with E-state index < -0.39 is 15.8 Å². The Morgan fingerprint density at radius 2 is 1.20 bits per heavy atom. The number of non-ortho nitro benzene ring substituents is 3. The minimum absolute atomic E-state index is 0.0397. The molecule has 3 unspecified atom stereocenters. The average molecular weight is 1170 g/mol. The second-order valence-electron chi connectivity index (χ2n) is 20.0. The van der Waals surface area contributed by atoms with Gasteiger partial charge in [-0.2, -0.15) is 0 Å². The predicted molar refractivity (Wildman–Crippen MR) is 319 cm³/mol. The number of hydrogen-bond donors (Lipinski definition) is 2. The molecule has 0 saturated carbocycles. The van der Waals surface area contributed by atoms with Gasteiger partial charge in [-0.25, -0.2) is 4.79 Å². The van der Waals surface area contributed by atoms with Crippen molar-refractivity contribution >= 4 is 151 Å². The number of nitrogens with one attached hydrogen (secondary N) is 1. The normalized spacial score (nSPS) is 15.9. The predicted octanol–water partition coefficient (Wildman–Crippen LogP) is 12.3. The number of carbonyl (C=O) groups excluding carboxylic acids is 1. The number of carboxylic acid groups (broad SMARTS) is 1. The van der Waals surface area contributed by atoms with Gasteiger partial charge < -0.3 is 14.7 Å². The molecule has 0 radical (unpaired) electrons. The number of nitro benzene ring substituents is 3. The van der Waals surface area contributed by atoms with Gasteiger partial charge >= 0.3 is 296 Å². The maximum absolute atomic E-state index is 13.8. The number of aliphatic imine (C=N–C) groups is 2. The van der Waals surface area contributed by atoms with Crippen molar-refractivity contribution in [3.05, 3.63) is 166 Å². The van der Waals surface area contributed by atoms with Crippen LogP contribution in [0.2, 0.25) is 0 Å². The van der Waals surface area contributed by atoms with Crippen LogP contribution in [0.4, 0.5) is 34.1 Å².